The summed E-state index contributed by atoms with van der Waals surface area (Å²) in [5, 5.41) is 0. The number of hydrogen-bond acceptors (Lipinski definition) is 7. The average molecular weight is 524 g/mol. The molecule has 0 aliphatic heterocycles. The Morgan fingerprint density at radius 3 is 1.89 bits per heavy atom. The quantitative estimate of drug-likeness (QED) is 0.198. The summed E-state index contributed by atoms with van der Waals surface area (Å²) in [6, 6.07) is 21.7. The van der Waals surface area contributed by atoms with E-state index in [9.17, 15) is 9.36 Å². The molecule has 3 rings (SSSR count). The lowest BCUT2D eigenvalue weighted by molar-refractivity contribution is 0.0576. The maximum absolute atomic E-state index is 13.9. The normalized spacial score (nSPS) is 11.1. The molecule has 0 saturated carbocycles. The van der Waals surface area contributed by atoms with Crippen molar-refractivity contribution in [3.63, 3.8) is 0 Å². The van der Waals surface area contributed by atoms with Crippen molar-refractivity contribution in [2.24, 2.45) is 0 Å². The van der Waals surface area contributed by atoms with Crippen LogP contribution in [0, 0.1) is 0 Å². The Labute approximate surface area is 217 Å². The summed E-state index contributed by atoms with van der Waals surface area (Å²) >= 11 is 0. The molecule has 0 heterocycles. The van der Waals surface area contributed by atoms with Crippen molar-refractivity contribution in [2.75, 3.05) is 12.0 Å². The van der Waals surface area contributed by atoms with Gasteiger partial charge in [0, 0.05) is 5.56 Å². The van der Waals surface area contributed by atoms with Crippen molar-refractivity contribution in [1.82, 2.24) is 0 Å². The predicted octanol–water partition coefficient (Wildman–Crippen LogP) is 7.83. The highest BCUT2D eigenvalue weighted by Crippen LogP contribution is 2.52. The lowest BCUT2D eigenvalue weighted by atomic mass is 10.1. The highest BCUT2D eigenvalue weighted by atomic mass is 31.2. The van der Waals surface area contributed by atoms with Crippen molar-refractivity contribution in [1.29, 1.82) is 0 Å². The molecule has 0 radical (unpaired) electrons. The summed E-state index contributed by atoms with van der Waals surface area (Å²) in [5.41, 5.74) is -0.0277. The summed E-state index contributed by atoms with van der Waals surface area (Å²) < 4.78 is 41.9. The van der Waals surface area contributed by atoms with E-state index in [1.54, 1.807) is 99.6 Å². The third kappa shape index (κ3) is 7.66. The molecule has 0 unspecified atom stereocenters. The summed E-state index contributed by atoms with van der Waals surface area (Å²) in [6.45, 7) is 12.9. The zero-order chi connectivity index (χ0) is 27.1. The fraction of sp³-hybridized carbons (Fsp3) is 0.179. The van der Waals surface area contributed by atoms with E-state index in [1.165, 1.54) is 13.2 Å². The molecule has 0 atom stereocenters. The molecule has 9 heteroatoms. The van der Waals surface area contributed by atoms with Gasteiger partial charge in [-0.2, -0.15) is 4.57 Å². The number of rotatable bonds is 10. The largest absolute Gasteiger partial charge is 0.648 e. The van der Waals surface area contributed by atoms with Gasteiger partial charge >= 0.3 is 13.9 Å². The summed E-state index contributed by atoms with van der Waals surface area (Å²) in [4.78, 5) is 14.4. The topological polar surface area (TPSA) is 83.5 Å². The van der Waals surface area contributed by atoms with Gasteiger partial charge in [-0.1, -0.05) is 49.1 Å². The average Bonchev–Trinajstić information content (AvgIpc) is 2.84. The van der Waals surface area contributed by atoms with Gasteiger partial charge in [-0.05, 0) is 69.8 Å². The summed E-state index contributed by atoms with van der Waals surface area (Å²) in [7, 11) is -2.90. The number of para-hydroxylation sites is 2. The molecule has 0 fully saturated rings. The van der Waals surface area contributed by atoms with Gasteiger partial charge in [0.25, 0.3) is 0 Å². The van der Waals surface area contributed by atoms with Crippen LogP contribution in [0.5, 0.6) is 17.2 Å². The van der Waals surface area contributed by atoms with Gasteiger partial charge in [-0.3, -0.25) is 0 Å². The highest BCUT2D eigenvalue weighted by Gasteiger charge is 2.38. The standard InChI is InChI=1S/C28H30NO7P/c1-7-22-20-25(32-6)18-19-26(22)29(27(30)33-28(3,4)5)21(2)34-37(31,35-23-14-10-8-11-15-23)36-24-16-12-9-13-17-24/h7-20H,1-2H2,3-6H3. The molecule has 0 aromatic heterocycles. The first kappa shape index (κ1) is 27.4. The second kappa shape index (κ2) is 11.7. The molecular formula is C28H30NO7P. The number of carbonyl (C=O) groups excluding carboxylic acids is 1. The van der Waals surface area contributed by atoms with Crippen molar-refractivity contribution in [3.8, 4) is 17.2 Å². The maximum atomic E-state index is 13.9. The molecule has 0 aliphatic carbocycles. The lowest BCUT2D eigenvalue weighted by Crippen LogP contribution is -2.37. The second-order valence-corrected chi connectivity index (χ2v) is 10.1. The molecule has 0 N–H and O–H groups in total. The van der Waals surface area contributed by atoms with E-state index < -0.39 is 19.5 Å². The van der Waals surface area contributed by atoms with Crippen molar-refractivity contribution < 1.29 is 32.4 Å². The number of nitrogens with zero attached hydrogens (tertiary/aromatic N) is 1. The molecule has 37 heavy (non-hydrogen) atoms. The molecule has 3 aromatic carbocycles. The van der Waals surface area contributed by atoms with Crippen LogP contribution in [-0.4, -0.2) is 18.8 Å². The Bertz CT molecular complexity index is 1240. The van der Waals surface area contributed by atoms with Gasteiger partial charge in [0.1, 0.15) is 22.8 Å². The minimum Gasteiger partial charge on any atom is -0.497 e. The number of ether oxygens (including phenoxy) is 2. The van der Waals surface area contributed by atoms with Gasteiger partial charge in [0.05, 0.1) is 12.8 Å². The number of hydrogen-bond donors (Lipinski definition) is 0. The SMILES string of the molecule is C=Cc1cc(OC)ccc1N(C(=C)OP(=O)(Oc1ccccc1)Oc1ccccc1)C(=O)OC(C)(C)C. The third-order valence-corrected chi connectivity index (χ3v) is 5.96. The molecule has 0 aliphatic rings. The fourth-order valence-electron chi connectivity index (χ4n) is 3.12. The first-order valence-corrected chi connectivity index (χ1v) is 12.8. The number of anilines is 1. The van der Waals surface area contributed by atoms with Crippen molar-refractivity contribution in [2.45, 2.75) is 26.4 Å². The van der Waals surface area contributed by atoms with Crippen LogP contribution in [0.25, 0.3) is 6.08 Å². The third-order valence-electron chi connectivity index (χ3n) is 4.66. The van der Waals surface area contributed by atoms with Crippen LogP contribution in [-0.2, 0) is 13.8 Å². The van der Waals surface area contributed by atoms with Crippen molar-refractivity contribution in [3.05, 3.63) is 103 Å². The van der Waals surface area contributed by atoms with E-state index in [0.29, 0.717) is 17.0 Å². The number of phosphoric ester groups is 1. The van der Waals surface area contributed by atoms with E-state index in [2.05, 4.69) is 13.2 Å². The first-order valence-electron chi connectivity index (χ1n) is 11.3. The lowest BCUT2D eigenvalue weighted by Gasteiger charge is -2.30. The van der Waals surface area contributed by atoms with Gasteiger partial charge < -0.3 is 23.0 Å². The number of benzene rings is 3. The zero-order valence-electron chi connectivity index (χ0n) is 21.2. The molecule has 8 nitrogen and oxygen atoms in total. The Morgan fingerprint density at radius 2 is 1.43 bits per heavy atom. The van der Waals surface area contributed by atoms with E-state index in [0.717, 1.165) is 4.90 Å². The van der Waals surface area contributed by atoms with Crippen LogP contribution in [0.4, 0.5) is 10.5 Å². The van der Waals surface area contributed by atoms with E-state index in [1.807, 2.05) is 0 Å². The molecule has 0 bridgehead atoms. The Balaban J connectivity index is 2.03. The summed E-state index contributed by atoms with van der Waals surface area (Å²) in [5.74, 6) is 0.654. The van der Waals surface area contributed by atoms with Crippen LogP contribution in [0.1, 0.15) is 26.3 Å². The van der Waals surface area contributed by atoms with Gasteiger partial charge in [0.2, 0.25) is 5.88 Å². The molecule has 194 valence electrons. The van der Waals surface area contributed by atoms with Gasteiger partial charge in [0.15, 0.2) is 0 Å². The Hall–Kier alpha value is -4.16. The number of amides is 1. The first-order chi connectivity index (χ1) is 17.5. The van der Waals surface area contributed by atoms with Crippen LogP contribution in [0.3, 0.4) is 0 Å². The molecule has 1 amide bonds. The number of phosphoric acid groups is 1. The predicted molar refractivity (Wildman–Crippen MR) is 144 cm³/mol. The van der Waals surface area contributed by atoms with Crippen LogP contribution in [0.2, 0.25) is 0 Å². The van der Waals surface area contributed by atoms with Crippen LogP contribution >= 0.6 is 7.82 Å². The van der Waals surface area contributed by atoms with E-state index >= 15 is 0 Å². The van der Waals surface area contributed by atoms with E-state index in [-0.39, 0.29) is 17.4 Å². The monoisotopic (exact) mass is 523 g/mol. The van der Waals surface area contributed by atoms with Gasteiger partial charge in [-0.25, -0.2) is 9.69 Å². The minimum atomic E-state index is -4.42. The molecule has 0 saturated heterocycles. The van der Waals surface area contributed by atoms with Crippen LogP contribution in [0.15, 0.2) is 97.9 Å². The van der Waals surface area contributed by atoms with Crippen LogP contribution < -0.4 is 18.7 Å². The Morgan fingerprint density at radius 1 is 0.892 bits per heavy atom. The maximum Gasteiger partial charge on any atom is 0.648 e. The highest BCUT2D eigenvalue weighted by molar-refractivity contribution is 7.49. The molecule has 3 aromatic rings. The summed E-state index contributed by atoms with van der Waals surface area (Å²) in [6.07, 6.45) is 0.708. The molecule has 0 spiro atoms. The van der Waals surface area contributed by atoms with Gasteiger partial charge in [-0.15, -0.1) is 0 Å². The second-order valence-electron chi connectivity index (χ2n) is 8.69. The number of methoxy groups -OCH3 is 1. The number of carbonyl (C=O) groups is 1. The fourth-order valence-corrected chi connectivity index (χ4v) is 4.33. The van der Waals surface area contributed by atoms with E-state index in [4.69, 9.17) is 23.0 Å². The molecular weight excluding hydrogens is 493 g/mol. The Kier molecular flexibility index (Phi) is 8.69. The zero-order valence-corrected chi connectivity index (χ0v) is 22.1. The minimum absolute atomic E-state index is 0.231. The van der Waals surface area contributed by atoms with Crippen molar-refractivity contribution >= 4 is 25.7 Å². The smallest absolute Gasteiger partial charge is 0.497 e.